The molecule has 0 aliphatic rings. The van der Waals surface area contributed by atoms with Gasteiger partial charge in [-0.3, -0.25) is 0 Å². The smallest absolute Gasteiger partial charge is 0.145 e. The van der Waals surface area contributed by atoms with Gasteiger partial charge in [0.2, 0.25) is 0 Å². The fraction of sp³-hybridized carbons (Fsp3) is 0.231. The first-order chi connectivity index (χ1) is 9.04. The molecule has 0 fully saturated rings. The molecule has 19 heavy (non-hydrogen) atoms. The summed E-state index contributed by atoms with van der Waals surface area (Å²) in [6.45, 7) is 2.52. The van der Waals surface area contributed by atoms with Gasteiger partial charge in [0.25, 0.3) is 0 Å². The lowest BCUT2D eigenvalue weighted by atomic mass is 10.0. The zero-order valence-electron chi connectivity index (χ0n) is 10.0. The molecule has 0 aliphatic heterocycles. The number of rotatable bonds is 4. The van der Waals surface area contributed by atoms with E-state index in [1.807, 2.05) is 18.4 Å². The maximum Gasteiger partial charge on any atom is 0.145 e. The van der Waals surface area contributed by atoms with Gasteiger partial charge in [-0.05, 0) is 56.6 Å². The molecule has 1 unspecified atom stereocenters. The summed E-state index contributed by atoms with van der Waals surface area (Å²) in [5, 5.41) is 5.02. The molecular formula is C13H11Br2F2NS. The fourth-order valence-electron chi connectivity index (χ4n) is 1.84. The lowest BCUT2D eigenvalue weighted by Gasteiger charge is -2.19. The highest BCUT2D eigenvalue weighted by Crippen LogP contribution is 2.34. The second-order valence-electron chi connectivity index (χ2n) is 3.91. The Bertz CT molecular complexity index is 586. The summed E-state index contributed by atoms with van der Waals surface area (Å²) < 4.78 is 29.4. The molecule has 0 spiro atoms. The van der Waals surface area contributed by atoms with Crippen molar-refractivity contribution in [3.8, 4) is 0 Å². The van der Waals surface area contributed by atoms with Crippen molar-refractivity contribution in [2.45, 2.75) is 13.0 Å². The van der Waals surface area contributed by atoms with Crippen LogP contribution >= 0.6 is 43.2 Å². The van der Waals surface area contributed by atoms with Gasteiger partial charge < -0.3 is 5.32 Å². The number of hydrogen-bond donors (Lipinski definition) is 1. The minimum Gasteiger partial charge on any atom is -0.306 e. The predicted molar refractivity (Wildman–Crippen MR) is 81.6 cm³/mol. The normalized spacial score (nSPS) is 12.7. The zero-order chi connectivity index (χ0) is 14.0. The predicted octanol–water partition coefficient (Wildman–Crippen LogP) is 5.25. The summed E-state index contributed by atoms with van der Waals surface area (Å²) in [5.74, 6) is -1.10. The standard InChI is InChI=1S/C13H11Br2F2NS/c1-2-18-13(10-5-7(14)6-19-10)11-9(16)4-3-8(15)12(11)17/h3-6,13,18H,2H2,1H3. The van der Waals surface area contributed by atoms with E-state index in [-0.39, 0.29) is 10.0 Å². The molecule has 2 rings (SSSR count). The molecule has 0 aliphatic carbocycles. The topological polar surface area (TPSA) is 12.0 Å². The van der Waals surface area contributed by atoms with Gasteiger partial charge >= 0.3 is 0 Å². The van der Waals surface area contributed by atoms with E-state index in [1.165, 1.54) is 23.5 Å². The first-order valence-corrected chi connectivity index (χ1v) is 8.11. The Labute approximate surface area is 131 Å². The SMILES string of the molecule is CCNC(c1cc(Br)cs1)c1c(F)ccc(Br)c1F. The highest BCUT2D eigenvalue weighted by Gasteiger charge is 2.24. The molecule has 6 heteroatoms. The molecule has 1 atom stereocenters. The van der Waals surface area contributed by atoms with Crippen molar-refractivity contribution in [1.82, 2.24) is 5.32 Å². The monoisotopic (exact) mass is 409 g/mol. The number of benzene rings is 1. The van der Waals surface area contributed by atoms with Crippen LogP contribution in [0.2, 0.25) is 0 Å². The van der Waals surface area contributed by atoms with Gasteiger partial charge in [0.1, 0.15) is 11.6 Å². The Morgan fingerprint density at radius 1 is 1.32 bits per heavy atom. The van der Waals surface area contributed by atoms with E-state index in [2.05, 4.69) is 37.2 Å². The molecule has 102 valence electrons. The van der Waals surface area contributed by atoms with E-state index in [0.717, 1.165) is 9.35 Å². The van der Waals surface area contributed by atoms with Crippen molar-refractivity contribution in [2.75, 3.05) is 6.54 Å². The molecule has 1 aromatic carbocycles. The van der Waals surface area contributed by atoms with Crippen molar-refractivity contribution in [3.63, 3.8) is 0 Å². The Hall–Kier alpha value is -0.300. The van der Waals surface area contributed by atoms with Crippen LogP contribution in [0.25, 0.3) is 0 Å². The molecular weight excluding hydrogens is 400 g/mol. The lowest BCUT2D eigenvalue weighted by Crippen LogP contribution is -2.23. The first-order valence-electron chi connectivity index (χ1n) is 5.65. The minimum atomic E-state index is -0.560. The van der Waals surface area contributed by atoms with Crippen molar-refractivity contribution in [1.29, 1.82) is 0 Å². The molecule has 0 radical (unpaired) electrons. The quantitative estimate of drug-likeness (QED) is 0.678. The minimum absolute atomic E-state index is 0.0468. The van der Waals surface area contributed by atoms with Crippen LogP contribution in [-0.2, 0) is 0 Å². The molecule has 2 aromatic rings. The van der Waals surface area contributed by atoms with E-state index < -0.39 is 17.7 Å². The summed E-state index contributed by atoms with van der Waals surface area (Å²) in [6.07, 6.45) is 0. The van der Waals surface area contributed by atoms with Gasteiger partial charge in [0.15, 0.2) is 0 Å². The Morgan fingerprint density at radius 2 is 2.05 bits per heavy atom. The summed E-state index contributed by atoms with van der Waals surface area (Å²) in [5.41, 5.74) is 0.0468. The molecule has 0 saturated carbocycles. The van der Waals surface area contributed by atoms with Gasteiger partial charge in [-0.1, -0.05) is 6.92 Å². The largest absolute Gasteiger partial charge is 0.306 e. The summed E-state index contributed by atoms with van der Waals surface area (Å²) in [7, 11) is 0. The van der Waals surface area contributed by atoms with Crippen LogP contribution in [0.3, 0.4) is 0 Å². The van der Waals surface area contributed by atoms with Gasteiger partial charge in [-0.25, -0.2) is 8.78 Å². The fourth-order valence-corrected chi connectivity index (χ4v) is 3.71. The average Bonchev–Trinajstić information content (AvgIpc) is 2.80. The van der Waals surface area contributed by atoms with E-state index >= 15 is 0 Å². The maximum absolute atomic E-state index is 14.2. The first kappa shape index (κ1) is 15.1. The third-order valence-corrected chi connectivity index (χ3v) is 5.02. The van der Waals surface area contributed by atoms with Crippen LogP contribution < -0.4 is 5.32 Å². The van der Waals surface area contributed by atoms with Crippen molar-refractivity contribution in [2.24, 2.45) is 0 Å². The van der Waals surface area contributed by atoms with E-state index in [1.54, 1.807) is 0 Å². The molecule has 1 aromatic heterocycles. The Balaban J connectivity index is 2.53. The average molecular weight is 411 g/mol. The highest BCUT2D eigenvalue weighted by molar-refractivity contribution is 9.10. The Morgan fingerprint density at radius 3 is 2.63 bits per heavy atom. The molecule has 1 heterocycles. The molecule has 0 amide bonds. The number of hydrogen-bond acceptors (Lipinski definition) is 2. The second kappa shape index (κ2) is 6.43. The van der Waals surface area contributed by atoms with Gasteiger partial charge in [-0.2, -0.15) is 0 Å². The van der Waals surface area contributed by atoms with Crippen LogP contribution in [-0.4, -0.2) is 6.54 Å². The van der Waals surface area contributed by atoms with Crippen LogP contribution in [0.1, 0.15) is 23.4 Å². The number of halogens is 4. The number of thiophene rings is 1. The summed E-state index contributed by atoms with van der Waals surface area (Å²) >= 11 is 7.92. The van der Waals surface area contributed by atoms with Crippen LogP contribution in [0.4, 0.5) is 8.78 Å². The zero-order valence-corrected chi connectivity index (χ0v) is 14.0. The third kappa shape index (κ3) is 3.24. The number of nitrogens with one attached hydrogen (secondary N) is 1. The third-order valence-electron chi connectivity index (χ3n) is 2.65. The van der Waals surface area contributed by atoms with Crippen molar-refractivity contribution < 1.29 is 8.78 Å². The summed E-state index contributed by atoms with van der Waals surface area (Å²) in [6, 6.07) is 4.04. The second-order valence-corrected chi connectivity index (χ2v) is 6.63. The van der Waals surface area contributed by atoms with E-state index in [0.29, 0.717) is 6.54 Å². The van der Waals surface area contributed by atoms with E-state index in [9.17, 15) is 8.78 Å². The Kier molecular flexibility index (Phi) is 5.11. The highest BCUT2D eigenvalue weighted by atomic mass is 79.9. The van der Waals surface area contributed by atoms with Crippen LogP contribution in [0, 0.1) is 11.6 Å². The lowest BCUT2D eigenvalue weighted by molar-refractivity contribution is 0.510. The van der Waals surface area contributed by atoms with Gasteiger partial charge in [0, 0.05) is 20.3 Å². The molecule has 0 saturated heterocycles. The maximum atomic E-state index is 14.2. The van der Waals surface area contributed by atoms with Crippen molar-refractivity contribution in [3.05, 3.63) is 54.6 Å². The molecule has 1 N–H and O–H groups in total. The summed E-state index contributed by atoms with van der Waals surface area (Å²) in [4.78, 5) is 0.865. The van der Waals surface area contributed by atoms with E-state index in [4.69, 9.17) is 0 Å². The van der Waals surface area contributed by atoms with Gasteiger partial charge in [-0.15, -0.1) is 11.3 Å². The molecule has 1 nitrogen and oxygen atoms in total. The van der Waals surface area contributed by atoms with Crippen LogP contribution in [0.15, 0.2) is 32.5 Å². The van der Waals surface area contributed by atoms with Crippen LogP contribution in [0.5, 0.6) is 0 Å². The van der Waals surface area contributed by atoms with Gasteiger partial charge in [0.05, 0.1) is 10.5 Å². The van der Waals surface area contributed by atoms with Crippen molar-refractivity contribution >= 4 is 43.2 Å². The molecule has 0 bridgehead atoms.